The van der Waals surface area contributed by atoms with Gasteiger partial charge in [-0.3, -0.25) is 0 Å². The third-order valence-corrected chi connectivity index (χ3v) is 4.12. The van der Waals surface area contributed by atoms with Gasteiger partial charge in [-0.15, -0.1) is 0 Å². The van der Waals surface area contributed by atoms with E-state index in [1.807, 2.05) is 18.2 Å². The summed E-state index contributed by atoms with van der Waals surface area (Å²) < 4.78 is 0. The summed E-state index contributed by atoms with van der Waals surface area (Å²) in [5.41, 5.74) is 5.55. The largest absolute Gasteiger partial charge is 0.385 e. The molecule has 0 fully saturated rings. The average molecular weight is 284 g/mol. The summed E-state index contributed by atoms with van der Waals surface area (Å²) in [5, 5.41) is 4.14. The molecular formula is C16H14ClN3. The summed E-state index contributed by atoms with van der Waals surface area (Å²) in [6.07, 6.45) is 2.24. The number of hydrogen-bond donors (Lipinski definition) is 2. The SMILES string of the molecule is Clc1cccc2[nH]c(-c3cccc4c3CCCN4)nc12. The fraction of sp³-hybridized carbons (Fsp3) is 0.188. The van der Waals surface area contributed by atoms with Gasteiger partial charge in [0.2, 0.25) is 0 Å². The van der Waals surface area contributed by atoms with E-state index in [0.29, 0.717) is 5.02 Å². The first-order valence-corrected chi connectivity index (χ1v) is 7.21. The average Bonchev–Trinajstić information content (AvgIpc) is 2.92. The predicted molar refractivity (Wildman–Crippen MR) is 83.4 cm³/mol. The molecule has 3 nitrogen and oxygen atoms in total. The van der Waals surface area contributed by atoms with Gasteiger partial charge >= 0.3 is 0 Å². The Morgan fingerprint density at radius 3 is 2.90 bits per heavy atom. The second-order valence-electron chi connectivity index (χ2n) is 5.08. The highest BCUT2D eigenvalue weighted by Gasteiger charge is 2.16. The first-order valence-electron chi connectivity index (χ1n) is 6.83. The molecule has 3 aromatic rings. The normalized spacial score (nSPS) is 14.1. The Morgan fingerprint density at radius 1 is 1.10 bits per heavy atom. The minimum Gasteiger partial charge on any atom is -0.385 e. The van der Waals surface area contributed by atoms with Gasteiger partial charge in [0.05, 0.1) is 10.5 Å². The number of benzene rings is 2. The Hall–Kier alpha value is -2.00. The molecule has 0 atom stereocenters. The van der Waals surface area contributed by atoms with E-state index in [1.165, 1.54) is 16.8 Å². The Bertz CT molecular complexity index is 792. The van der Waals surface area contributed by atoms with Crippen molar-refractivity contribution < 1.29 is 0 Å². The lowest BCUT2D eigenvalue weighted by Gasteiger charge is -2.20. The first-order chi connectivity index (χ1) is 9.83. The van der Waals surface area contributed by atoms with Crippen molar-refractivity contribution in [3.8, 4) is 11.4 Å². The van der Waals surface area contributed by atoms with Crippen LogP contribution in [0.5, 0.6) is 0 Å². The van der Waals surface area contributed by atoms with Crippen LogP contribution in [-0.2, 0) is 6.42 Å². The molecule has 1 aliphatic heterocycles. The van der Waals surface area contributed by atoms with Gasteiger partial charge in [-0.25, -0.2) is 4.98 Å². The number of hydrogen-bond acceptors (Lipinski definition) is 2. The zero-order chi connectivity index (χ0) is 13.5. The lowest BCUT2D eigenvalue weighted by atomic mass is 9.97. The van der Waals surface area contributed by atoms with Crippen LogP contribution in [0, 0.1) is 0 Å². The van der Waals surface area contributed by atoms with Crippen LogP contribution in [0.3, 0.4) is 0 Å². The van der Waals surface area contributed by atoms with Crippen molar-refractivity contribution in [2.75, 3.05) is 11.9 Å². The third-order valence-electron chi connectivity index (χ3n) is 3.81. The molecule has 0 radical (unpaired) electrons. The van der Waals surface area contributed by atoms with Crippen LogP contribution in [0.4, 0.5) is 5.69 Å². The highest BCUT2D eigenvalue weighted by molar-refractivity contribution is 6.35. The van der Waals surface area contributed by atoms with Crippen LogP contribution in [0.1, 0.15) is 12.0 Å². The molecule has 100 valence electrons. The molecule has 0 spiro atoms. The highest BCUT2D eigenvalue weighted by Crippen LogP contribution is 2.33. The Kier molecular flexibility index (Phi) is 2.67. The fourth-order valence-electron chi connectivity index (χ4n) is 2.86. The standard InChI is InChI=1S/C16H14ClN3/c17-12-6-2-8-14-15(12)20-16(19-14)11-4-1-7-13-10(11)5-3-9-18-13/h1-2,4,6-8,18H,3,5,9H2,(H,19,20). The van der Waals surface area contributed by atoms with Gasteiger partial charge in [0.15, 0.2) is 0 Å². The molecule has 2 aromatic carbocycles. The minimum atomic E-state index is 0.688. The molecule has 0 bridgehead atoms. The van der Waals surface area contributed by atoms with E-state index in [4.69, 9.17) is 11.6 Å². The van der Waals surface area contributed by atoms with Crippen molar-refractivity contribution >= 4 is 28.3 Å². The maximum atomic E-state index is 6.21. The number of H-pyrrole nitrogens is 1. The molecule has 0 amide bonds. The molecule has 4 heteroatoms. The first kappa shape index (κ1) is 11.8. The number of nitrogens with one attached hydrogen (secondary N) is 2. The lowest BCUT2D eigenvalue weighted by Crippen LogP contribution is -2.12. The molecule has 0 aliphatic carbocycles. The highest BCUT2D eigenvalue weighted by atomic mass is 35.5. The summed E-state index contributed by atoms with van der Waals surface area (Å²) in [4.78, 5) is 8.05. The van der Waals surface area contributed by atoms with E-state index in [9.17, 15) is 0 Å². The molecular weight excluding hydrogens is 270 g/mol. The number of para-hydroxylation sites is 1. The van der Waals surface area contributed by atoms with Gasteiger partial charge in [-0.2, -0.15) is 0 Å². The van der Waals surface area contributed by atoms with Crippen molar-refractivity contribution in [3.05, 3.63) is 47.0 Å². The maximum Gasteiger partial charge on any atom is 0.138 e. The van der Waals surface area contributed by atoms with E-state index in [0.717, 1.165) is 36.2 Å². The number of anilines is 1. The third kappa shape index (κ3) is 1.78. The predicted octanol–water partition coefficient (Wildman–Crippen LogP) is 4.24. The number of imidazole rings is 1. The van der Waals surface area contributed by atoms with Crippen LogP contribution < -0.4 is 5.32 Å². The van der Waals surface area contributed by atoms with E-state index in [1.54, 1.807) is 0 Å². The number of fused-ring (bicyclic) bond motifs is 2. The topological polar surface area (TPSA) is 40.7 Å². The molecule has 1 aliphatic rings. The van der Waals surface area contributed by atoms with E-state index in [-0.39, 0.29) is 0 Å². The fourth-order valence-corrected chi connectivity index (χ4v) is 3.07. The number of halogens is 1. The van der Waals surface area contributed by atoms with E-state index in [2.05, 4.69) is 33.5 Å². The van der Waals surface area contributed by atoms with Gasteiger partial charge < -0.3 is 10.3 Å². The van der Waals surface area contributed by atoms with Crippen molar-refractivity contribution in [2.24, 2.45) is 0 Å². The molecule has 2 N–H and O–H groups in total. The van der Waals surface area contributed by atoms with Crippen LogP contribution >= 0.6 is 11.6 Å². The van der Waals surface area contributed by atoms with Crippen LogP contribution in [0.25, 0.3) is 22.4 Å². The van der Waals surface area contributed by atoms with Gasteiger partial charge in [0.25, 0.3) is 0 Å². The zero-order valence-electron chi connectivity index (χ0n) is 10.9. The summed E-state index contributed by atoms with van der Waals surface area (Å²) in [6.45, 7) is 1.04. The lowest BCUT2D eigenvalue weighted by molar-refractivity contribution is 0.831. The van der Waals surface area contributed by atoms with Crippen molar-refractivity contribution in [1.82, 2.24) is 9.97 Å². The van der Waals surface area contributed by atoms with Crippen molar-refractivity contribution in [1.29, 1.82) is 0 Å². The Labute approximate surface area is 122 Å². The zero-order valence-corrected chi connectivity index (χ0v) is 11.7. The summed E-state index contributed by atoms with van der Waals surface area (Å²) in [7, 11) is 0. The molecule has 0 saturated carbocycles. The van der Waals surface area contributed by atoms with Crippen LogP contribution in [-0.4, -0.2) is 16.5 Å². The van der Waals surface area contributed by atoms with Gasteiger partial charge in [0.1, 0.15) is 11.3 Å². The number of aromatic amines is 1. The summed E-state index contributed by atoms with van der Waals surface area (Å²) in [6, 6.07) is 12.1. The Morgan fingerprint density at radius 2 is 2.00 bits per heavy atom. The molecule has 2 heterocycles. The maximum absolute atomic E-state index is 6.21. The molecule has 4 rings (SSSR count). The van der Waals surface area contributed by atoms with Crippen molar-refractivity contribution in [2.45, 2.75) is 12.8 Å². The summed E-state index contributed by atoms with van der Waals surface area (Å²) in [5.74, 6) is 0.897. The van der Waals surface area contributed by atoms with Gasteiger partial charge in [-0.1, -0.05) is 29.8 Å². The van der Waals surface area contributed by atoms with Gasteiger partial charge in [0, 0.05) is 17.8 Å². The molecule has 20 heavy (non-hydrogen) atoms. The number of nitrogens with zero attached hydrogens (tertiary/aromatic N) is 1. The quantitative estimate of drug-likeness (QED) is 0.701. The smallest absolute Gasteiger partial charge is 0.138 e. The van der Waals surface area contributed by atoms with Gasteiger partial charge in [-0.05, 0) is 36.6 Å². The number of aromatic nitrogens is 2. The monoisotopic (exact) mass is 283 g/mol. The summed E-state index contributed by atoms with van der Waals surface area (Å²) >= 11 is 6.21. The van der Waals surface area contributed by atoms with E-state index >= 15 is 0 Å². The number of rotatable bonds is 1. The van der Waals surface area contributed by atoms with E-state index < -0.39 is 0 Å². The molecule has 0 saturated heterocycles. The second-order valence-corrected chi connectivity index (χ2v) is 5.49. The molecule has 1 aromatic heterocycles. The van der Waals surface area contributed by atoms with Crippen molar-refractivity contribution in [3.63, 3.8) is 0 Å². The van der Waals surface area contributed by atoms with Crippen LogP contribution in [0.2, 0.25) is 5.02 Å². The van der Waals surface area contributed by atoms with Crippen LogP contribution in [0.15, 0.2) is 36.4 Å². The Balaban J connectivity index is 1.93. The minimum absolute atomic E-state index is 0.688. The molecule has 0 unspecified atom stereocenters. The second kappa shape index (κ2) is 4.53.